The predicted octanol–water partition coefficient (Wildman–Crippen LogP) is 2.56. The lowest BCUT2D eigenvalue weighted by atomic mass is 10.0. The molecule has 1 atom stereocenters. The highest BCUT2D eigenvalue weighted by Crippen LogP contribution is 2.11. The van der Waals surface area contributed by atoms with E-state index in [1.165, 1.54) is 0 Å². The van der Waals surface area contributed by atoms with Gasteiger partial charge in [0.2, 0.25) is 0 Å². The number of aliphatic imine (C=N–C) groups is 1. The molecule has 1 rings (SSSR count). The van der Waals surface area contributed by atoms with Crippen LogP contribution in [0.5, 0.6) is 0 Å². The Kier molecular flexibility index (Phi) is 14.9. The van der Waals surface area contributed by atoms with Gasteiger partial charge in [0.1, 0.15) is 0 Å². The van der Waals surface area contributed by atoms with Crippen LogP contribution in [0.3, 0.4) is 0 Å². The Balaban J connectivity index is 0.00000676. The molecule has 0 aliphatic carbocycles. The second kappa shape index (κ2) is 15.7. The van der Waals surface area contributed by atoms with Crippen LogP contribution in [0, 0.1) is 5.92 Å². The largest absolute Gasteiger partial charge is 0.396 e. The molecule has 1 aromatic rings. The molecule has 0 spiro atoms. The summed E-state index contributed by atoms with van der Waals surface area (Å²) in [7, 11) is 1.64. The Labute approximate surface area is 180 Å². The summed E-state index contributed by atoms with van der Waals surface area (Å²) in [6, 6.07) is 7.67. The SMILES string of the molecule is CCCC(CCO)CN=C(NCC)NCCc1cccc(C(=O)NC)c1.I. The molecule has 0 aromatic heterocycles. The van der Waals surface area contributed by atoms with Gasteiger partial charge in [0, 0.05) is 38.9 Å². The lowest BCUT2D eigenvalue weighted by Crippen LogP contribution is -2.38. The summed E-state index contributed by atoms with van der Waals surface area (Å²) >= 11 is 0. The maximum absolute atomic E-state index is 11.7. The minimum absolute atomic E-state index is 0. The van der Waals surface area contributed by atoms with E-state index in [1.807, 2.05) is 31.2 Å². The first-order valence-electron chi connectivity index (χ1n) is 9.58. The number of nitrogens with one attached hydrogen (secondary N) is 3. The summed E-state index contributed by atoms with van der Waals surface area (Å²) < 4.78 is 0. The fourth-order valence-corrected chi connectivity index (χ4v) is 2.82. The Hall–Kier alpha value is -1.35. The molecule has 0 fully saturated rings. The van der Waals surface area contributed by atoms with E-state index in [4.69, 9.17) is 0 Å². The number of benzene rings is 1. The van der Waals surface area contributed by atoms with Crippen molar-refractivity contribution in [3.63, 3.8) is 0 Å². The molecule has 0 aliphatic rings. The van der Waals surface area contributed by atoms with Crippen LogP contribution in [-0.2, 0) is 6.42 Å². The number of halogens is 1. The first kappa shape index (κ1) is 25.6. The number of carbonyl (C=O) groups is 1. The van der Waals surface area contributed by atoms with Gasteiger partial charge in [0.05, 0.1) is 0 Å². The molecule has 4 N–H and O–H groups in total. The zero-order chi connectivity index (χ0) is 19.2. The third-order valence-electron chi connectivity index (χ3n) is 4.21. The molecule has 0 saturated heterocycles. The van der Waals surface area contributed by atoms with Gasteiger partial charge in [-0.1, -0.05) is 25.5 Å². The number of carbonyl (C=O) groups excluding carboxylic acids is 1. The molecule has 1 unspecified atom stereocenters. The summed E-state index contributed by atoms with van der Waals surface area (Å²) in [6.45, 7) is 6.67. The van der Waals surface area contributed by atoms with Crippen molar-refractivity contribution in [1.82, 2.24) is 16.0 Å². The average molecular weight is 490 g/mol. The van der Waals surface area contributed by atoms with E-state index in [0.29, 0.717) is 11.5 Å². The van der Waals surface area contributed by atoms with Crippen molar-refractivity contribution >= 4 is 35.8 Å². The fraction of sp³-hybridized carbons (Fsp3) is 0.600. The predicted molar refractivity (Wildman–Crippen MR) is 123 cm³/mol. The van der Waals surface area contributed by atoms with Gasteiger partial charge in [0.25, 0.3) is 5.91 Å². The number of aliphatic hydroxyl groups is 1. The Morgan fingerprint density at radius 1 is 1.22 bits per heavy atom. The maximum Gasteiger partial charge on any atom is 0.251 e. The van der Waals surface area contributed by atoms with Gasteiger partial charge in [-0.05, 0) is 49.8 Å². The molecule has 27 heavy (non-hydrogen) atoms. The molecule has 7 heteroatoms. The number of amides is 1. The van der Waals surface area contributed by atoms with Crippen LogP contribution >= 0.6 is 24.0 Å². The first-order valence-corrected chi connectivity index (χ1v) is 9.58. The molecule has 0 heterocycles. The summed E-state index contributed by atoms with van der Waals surface area (Å²) in [5.74, 6) is 1.15. The van der Waals surface area contributed by atoms with E-state index in [2.05, 4.69) is 27.9 Å². The Morgan fingerprint density at radius 2 is 2.00 bits per heavy atom. The smallest absolute Gasteiger partial charge is 0.251 e. The van der Waals surface area contributed by atoms with Crippen LogP contribution < -0.4 is 16.0 Å². The van der Waals surface area contributed by atoms with Gasteiger partial charge in [-0.15, -0.1) is 24.0 Å². The number of hydrogen-bond donors (Lipinski definition) is 4. The van der Waals surface area contributed by atoms with E-state index in [9.17, 15) is 9.90 Å². The van der Waals surface area contributed by atoms with E-state index >= 15 is 0 Å². The van der Waals surface area contributed by atoms with Crippen LogP contribution in [-0.4, -0.2) is 50.3 Å². The number of nitrogens with zero attached hydrogens (tertiary/aromatic N) is 1. The van der Waals surface area contributed by atoms with Gasteiger partial charge in [-0.2, -0.15) is 0 Å². The summed E-state index contributed by atoms with van der Waals surface area (Å²) in [5, 5.41) is 18.4. The van der Waals surface area contributed by atoms with Gasteiger partial charge < -0.3 is 21.1 Å². The number of rotatable bonds is 11. The van der Waals surface area contributed by atoms with Crippen LogP contribution in [0.1, 0.15) is 49.0 Å². The van der Waals surface area contributed by atoms with Crippen molar-refractivity contribution in [1.29, 1.82) is 0 Å². The van der Waals surface area contributed by atoms with Crippen molar-refractivity contribution in [3.8, 4) is 0 Å². The second-order valence-electron chi connectivity index (χ2n) is 6.34. The van der Waals surface area contributed by atoms with Crippen molar-refractivity contribution < 1.29 is 9.90 Å². The summed E-state index contributed by atoms with van der Waals surface area (Å²) in [6.07, 6.45) is 3.79. The third-order valence-corrected chi connectivity index (χ3v) is 4.21. The Morgan fingerprint density at radius 3 is 2.63 bits per heavy atom. The minimum Gasteiger partial charge on any atom is -0.396 e. The van der Waals surface area contributed by atoms with Crippen molar-refractivity contribution in [2.24, 2.45) is 10.9 Å². The zero-order valence-electron chi connectivity index (χ0n) is 16.8. The lowest BCUT2D eigenvalue weighted by molar-refractivity contribution is 0.0963. The van der Waals surface area contributed by atoms with E-state index in [0.717, 1.165) is 56.8 Å². The van der Waals surface area contributed by atoms with Crippen LogP contribution in [0.2, 0.25) is 0 Å². The maximum atomic E-state index is 11.7. The standard InChI is InChI=1S/C20H34N4O2.HI/c1-4-7-17(11-13-25)15-24-20(22-5-2)23-12-10-16-8-6-9-18(14-16)19(26)21-3;/h6,8-9,14,17,25H,4-5,7,10-13,15H2,1-3H3,(H,21,26)(H2,22,23,24);1H. The summed E-state index contributed by atoms with van der Waals surface area (Å²) in [5.41, 5.74) is 1.79. The fourth-order valence-electron chi connectivity index (χ4n) is 2.82. The molecule has 0 radical (unpaired) electrons. The molecule has 1 amide bonds. The lowest BCUT2D eigenvalue weighted by Gasteiger charge is -2.15. The van der Waals surface area contributed by atoms with Gasteiger partial charge >= 0.3 is 0 Å². The van der Waals surface area contributed by atoms with Crippen LogP contribution in [0.4, 0.5) is 0 Å². The molecular formula is C20H35IN4O2. The average Bonchev–Trinajstić information content (AvgIpc) is 2.66. The van der Waals surface area contributed by atoms with Gasteiger partial charge in [-0.25, -0.2) is 0 Å². The van der Waals surface area contributed by atoms with Gasteiger partial charge in [0.15, 0.2) is 5.96 Å². The highest BCUT2D eigenvalue weighted by Gasteiger charge is 2.08. The highest BCUT2D eigenvalue weighted by molar-refractivity contribution is 14.0. The number of aliphatic hydroxyl groups excluding tert-OH is 1. The Bertz CT molecular complexity index is 561. The van der Waals surface area contributed by atoms with Crippen molar-refractivity contribution in [3.05, 3.63) is 35.4 Å². The second-order valence-corrected chi connectivity index (χ2v) is 6.34. The minimum atomic E-state index is -0.0689. The van der Waals surface area contributed by atoms with E-state index in [-0.39, 0.29) is 36.5 Å². The van der Waals surface area contributed by atoms with E-state index < -0.39 is 0 Å². The van der Waals surface area contributed by atoms with Crippen molar-refractivity contribution in [2.45, 2.75) is 39.5 Å². The molecule has 0 saturated carbocycles. The molecule has 154 valence electrons. The molecule has 0 aliphatic heterocycles. The molecule has 1 aromatic carbocycles. The number of hydrogen-bond acceptors (Lipinski definition) is 3. The normalized spacial score (nSPS) is 12.1. The third kappa shape index (κ3) is 10.5. The topological polar surface area (TPSA) is 85.8 Å². The monoisotopic (exact) mass is 490 g/mol. The molecule has 6 nitrogen and oxygen atoms in total. The highest BCUT2D eigenvalue weighted by atomic mass is 127. The zero-order valence-corrected chi connectivity index (χ0v) is 19.1. The van der Waals surface area contributed by atoms with Crippen molar-refractivity contribution in [2.75, 3.05) is 33.3 Å². The van der Waals surface area contributed by atoms with E-state index in [1.54, 1.807) is 7.05 Å². The van der Waals surface area contributed by atoms with Crippen LogP contribution in [0.15, 0.2) is 29.3 Å². The van der Waals surface area contributed by atoms with Crippen LogP contribution in [0.25, 0.3) is 0 Å². The quantitative estimate of drug-likeness (QED) is 0.218. The van der Waals surface area contributed by atoms with Gasteiger partial charge in [-0.3, -0.25) is 9.79 Å². The molecule has 0 bridgehead atoms. The molecular weight excluding hydrogens is 455 g/mol. The first-order chi connectivity index (χ1) is 12.6. The number of guanidine groups is 1. The summed E-state index contributed by atoms with van der Waals surface area (Å²) in [4.78, 5) is 16.4.